The number of hydrogen-bond acceptors (Lipinski definition) is 5. The molecule has 3 heterocycles. The van der Waals surface area contributed by atoms with Gasteiger partial charge in [-0.25, -0.2) is 4.98 Å². The first kappa shape index (κ1) is 17.9. The van der Waals surface area contributed by atoms with Crippen LogP contribution in [0.25, 0.3) is 0 Å². The summed E-state index contributed by atoms with van der Waals surface area (Å²) >= 11 is 0. The second-order valence-electron chi connectivity index (χ2n) is 6.54. The van der Waals surface area contributed by atoms with Crippen LogP contribution in [0.2, 0.25) is 0 Å². The molecule has 1 saturated heterocycles. The molecule has 0 aliphatic carbocycles. The van der Waals surface area contributed by atoms with Crippen molar-refractivity contribution >= 4 is 17.6 Å². The number of nitrogen functional groups attached to an aromatic ring is 1. The molecule has 8 nitrogen and oxygen atoms in total. The van der Waals surface area contributed by atoms with Crippen molar-refractivity contribution in [2.45, 2.75) is 25.8 Å². The Morgan fingerprint density at radius 2 is 1.96 bits per heavy atom. The number of pyridine rings is 1. The van der Waals surface area contributed by atoms with Gasteiger partial charge in [0.05, 0.1) is 11.6 Å². The van der Waals surface area contributed by atoms with Crippen molar-refractivity contribution in [2.24, 2.45) is 0 Å². The third-order valence-corrected chi connectivity index (χ3v) is 4.62. The summed E-state index contributed by atoms with van der Waals surface area (Å²) in [4.78, 5) is 32.8. The Hall–Kier alpha value is -2.90. The molecule has 1 aliphatic rings. The zero-order valence-electron chi connectivity index (χ0n) is 14.9. The largest absolute Gasteiger partial charge is 0.384 e. The maximum absolute atomic E-state index is 12.6. The highest BCUT2D eigenvalue weighted by Gasteiger charge is 2.24. The fourth-order valence-electron chi connectivity index (χ4n) is 3.10. The van der Waals surface area contributed by atoms with Crippen molar-refractivity contribution in [3.63, 3.8) is 0 Å². The van der Waals surface area contributed by atoms with E-state index in [1.807, 2.05) is 24.1 Å². The topological polar surface area (TPSA) is 97.4 Å². The molecule has 3 rings (SSSR count). The molecule has 0 aromatic carbocycles. The second-order valence-corrected chi connectivity index (χ2v) is 6.54. The Bertz CT molecular complexity index is 744. The van der Waals surface area contributed by atoms with Crippen LogP contribution in [0.3, 0.4) is 0 Å². The third-order valence-electron chi connectivity index (χ3n) is 4.62. The third kappa shape index (κ3) is 4.19. The summed E-state index contributed by atoms with van der Waals surface area (Å²) in [6.07, 6.45) is 6.23. The molecule has 2 aromatic rings. The van der Waals surface area contributed by atoms with Crippen LogP contribution < -0.4 is 5.73 Å². The molecule has 1 fully saturated rings. The van der Waals surface area contributed by atoms with Gasteiger partial charge in [-0.05, 0) is 31.5 Å². The lowest BCUT2D eigenvalue weighted by molar-refractivity contribution is -0.131. The number of carbonyl (C=O) groups is 2. The SMILES string of the molecule is CC(CC(=O)N1CCCN(C(=O)c2ccc(N)nc2)CC1)n1cccn1. The predicted molar refractivity (Wildman–Crippen MR) is 97.3 cm³/mol. The first-order valence-electron chi connectivity index (χ1n) is 8.82. The monoisotopic (exact) mass is 356 g/mol. The zero-order chi connectivity index (χ0) is 18.5. The molecule has 138 valence electrons. The molecule has 0 bridgehead atoms. The molecular formula is C18H24N6O2. The lowest BCUT2D eigenvalue weighted by Gasteiger charge is -2.23. The Balaban J connectivity index is 1.56. The van der Waals surface area contributed by atoms with E-state index in [9.17, 15) is 9.59 Å². The number of carbonyl (C=O) groups excluding carboxylic acids is 2. The van der Waals surface area contributed by atoms with Crippen LogP contribution in [-0.4, -0.2) is 62.6 Å². The minimum atomic E-state index is -0.0725. The van der Waals surface area contributed by atoms with Crippen molar-refractivity contribution in [1.29, 1.82) is 0 Å². The van der Waals surface area contributed by atoms with Crippen molar-refractivity contribution in [3.05, 3.63) is 42.4 Å². The predicted octanol–water partition coefficient (Wildman–Crippen LogP) is 1.19. The van der Waals surface area contributed by atoms with E-state index >= 15 is 0 Å². The highest BCUT2D eigenvalue weighted by atomic mass is 16.2. The van der Waals surface area contributed by atoms with Crippen molar-refractivity contribution in [2.75, 3.05) is 31.9 Å². The van der Waals surface area contributed by atoms with Gasteiger partial charge in [-0.1, -0.05) is 0 Å². The van der Waals surface area contributed by atoms with Gasteiger partial charge in [-0.2, -0.15) is 5.10 Å². The van der Waals surface area contributed by atoms with E-state index in [2.05, 4.69) is 10.1 Å². The molecule has 1 atom stereocenters. The molecule has 0 saturated carbocycles. The van der Waals surface area contributed by atoms with E-state index < -0.39 is 0 Å². The standard InChI is InChI=1S/C18H24N6O2/c1-14(24-9-2-6-21-24)12-17(25)22-7-3-8-23(11-10-22)18(26)15-4-5-16(19)20-13-15/h2,4-6,9,13-14H,3,7-8,10-12H2,1H3,(H2,19,20). The number of hydrogen-bond donors (Lipinski definition) is 1. The fourth-order valence-corrected chi connectivity index (χ4v) is 3.10. The lowest BCUT2D eigenvalue weighted by Crippen LogP contribution is -2.38. The van der Waals surface area contributed by atoms with Crippen LogP contribution in [0.15, 0.2) is 36.8 Å². The highest BCUT2D eigenvalue weighted by molar-refractivity contribution is 5.94. The van der Waals surface area contributed by atoms with Crippen LogP contribution in [0.5, 0.6) is 0 Å². The van der Waals surface area contributed by atoms with Crippen molar-refractivity contribution in [3.8, 4) is 0 Å². The average Bonchev–Trinajstić information content (AvgIpc) is 3.06. The number of amides is 2. The number of nitrogens with zero attached hydrogens (tertiary/aromatic N) is 5. The summed E-state index contributed by atoms with van der Waals surface area (Å²) < 4.78 is 1.79. The highest BCUT2D eigenvalue weighted by Crippen LogP contribution is 2.14. The first-order chi connectivity index (χ1) is 12.5. The normalized spacial score (nSPS) is 16.2. The molecule has 2 aromatic heterocycles. The van der Waals surface area contributed by atoms with E-state index in [1.165, 1.54) is 6.20 Å². The minimum absolute atomic E-state index is 0.0133. The molecule has 1 aliphatic heterocycles. The number of anilines is 1. The molecular weight excluding hydrogens is 332 g/mol. The van der Waals surface area contributed by atoms with Crippen LogP contribution in [0, 0.1) is 0 Å². The van der Waals surface area contributed by atoms with E-state index in [0.717, 1.165) is 6.42 Å². The molecule has 2 amide bonds. The molecule has 26 heavy (non-hydrogen) atoms. The summed E-state index contributed by atoms with van der Waals surface area (Å²) in [5, 5.41) is 4.19. The number of aromatic nitrogens is 3. The average molecular weight is 356 g/mol. The Kier molecular flexibility index (Phi) is 5.50. The Morgan fingerprint density at radius 1 is 1.19 bits per heavy atom. The van der Waals surface area contributed by atoms with Gasteiger partial charge < -0.3 is 15.5 Å². The molecule has 2 N–H and O–H groups in total. The van der Waals surface area contributed by atoms with E-state index in [-0.39, 0.29) is 17.9 Å². The van der Waals surface area contributed by atoms with Gasteiger partial charge >= 0.3 is 0 Å². The summed E-state index contributed by atoms with van der Waals surface area (Å²) in [6.45, 7) is 4.33. The molecule has 1 unspecified atom stereocenters. The van der Waals surface area contributed by atoms with Gasteiger partial charge in [0, 0.05) is 51.2 Å². The fraction of sp³-hybridized carbons (Fsp3) is 0.444. The van der Waals surface area contributed by atoms with Gasteiger partial charge in [0.25, 0.3) is 5.91 Å². The van der Waals surface area contributed by atoms with Crippen LogP contribution in [-0.2, 0) is 4.79 Å². The molecule has 0 radical (unpaired) electrons. The summed E-state index contributed by atoms with van der Waals surface area (Å²) in [5.41, 5.74) is 6.09. The van der Waals surface area contributed by atoms with Crippen LogP contribution in [0.4, 0.5) is 5.82 Å². The molecule has 8 heteroatoms. The van der Waals surface area contributed by atoms with Gasteiger partial charge in [0.2, 0.25) is 5.91 Å². The Morgan fingerprint density at radius 3 is 2.65 bits per heavy atom. The number of rotatable bonds is 4. The minimum Gasteiger partial charge on any atom is -0.384 e. The van der Waals surface area contributed by atoms with Gasteiger partial charge in [-0.15, -0.1) is 0 Å². The quantitative estimate of drug-likeness (QED) is 0.887. The first-order valence-corrected chi connectivity index (χ1v) is 8.82. The summed E-state index contributed by atoms with van der Waals surface area (Å²) in [5.74, 6) is 0.411. The lowest BCUT2D eigenvalue weighted by atomic mass is 10.2. The van der Waals surface area contributed by atoms with Crippen molar-refractivity contribution in [1.82, 2.24) is 24.6 Å². The van der Waals surface area contributed by atoms with Gasteiger partial charge in [0.1, 0.15) is 5.82 Å². The van der Waals surface area contributed by atoms with E-state index in [1.54, 1.807) is 27.9 Å². The van der Waals surface area contributed by atoms with Gasteiger partial charge in [-0.3, -0.25) is 14.3 Å². The van der Waals surface area contributed by atoms with E-state index in [0.29, 0.717) is 44.0 Å². The maximum Gasteiger partial charge on any atom is 0.255 e. The number of nitrogens with two attached hydrogens (primary N) is 1. The van der Waals surface area contributed by atoms with Crippen LogP contribution in [0.1, 0.15) is 36.2 Å². The maximum atomic E-state index is 12.6. The summed E-state index contributed by atoms with van der Waals surface area (Å²) in [6, 6.07) is 5.17. The van der Waals surface area contributed by atoms with E-state index in [4.69, 9.17) is 5.73 Å². The Labute approximate surface area is 152 Å². The zero-order valence-corrected chi connectivity index (χ0v) is 14.9. The van der Waals surface area contributed by atoms with Gasteiger partial charge in [0.15, 0.2) is 0 Å². The summed E-state index contributed by atoms with van der Waals surface area (Å²) in [7, 11) is 0. The smallest absolute Gasteiger partial charge is 0.255 e. The van der Waals surface area contributed by atoms with Crippen LogP contribution >= 0.6 is 0 Å². The molecule has 0 spiro atoms. The van der Waals surface area contributed by atoms with Crippen molar-refractivity contribution < 1.29 is 9.59 Å². The second kappa shape index (κ2) is 7.99.